The van der Waals surface area contributed by atoms with Crippen LogP contribution >= 0.6 is 11.6 Å². The van der Waals surface area contributed by atoms with E-state index in [1.807, 2.05) is 27.7 Å². The highest BCUT2D eigenvalue weighted by molar-refractivity contribution is 6.33. The number of piperazine rings is 1. The molecule has 0 aliphatic carbocycles. The van der Waals surface area contributed by atoms with E-state index in [9.17, 15) is 4.79 Å². The van der Waals surface area contributed by atoms with E-state index in [0.29, 0.717) is 17.4 Å². The first-order valence-corrected chi connectivity index (χ1v) is 8.59. The van der Waals surface area contributed by atoms with Gasteiger partial charge in [0.05, 0.1) is 10.7 Å². The summed E-state index contributed by atoms with van der Waals surface area (Å²) in [6.07, 6.45) is 3.91. The molecule has 3 rings (SSSR count). The van der Waals surface area contributed by atoms with Crippen molar-refractivity contribution in [2.75, 3.05) is 31.1 Å². The zero-order valence-electron chi connectivity index (χ0n) is 14.0. The highest BCUT2D eigenvalue weighted by atomic mass is 35.5. The summed E-state index contributed by atoms with van der Waals surface area (Å²) in [4.78, 5) is 16.3. The fourth-order valence-corrected chi connectivity index (χ4v) is 3.22. The maximum absolute atomic E-state index is 12.2. The Bertz CT molecular complexity index is 693. The Morgan fingerprint density at radius 1 is 1.17 bits per heavy atom. The molecule has 1 aliphatic rings. The van der Waals surface area contributed by atoms with Gasteiger partial charge in [0, 0.05) is 38.3 Å². The SMILES string of the molecule is CC(C)CC(=O)N1CCN(c2ccc(-n3cnnc3)cc2Cl)CC1. The second-order valence-corrected chi connectivity index (χ2v) is 6.88. The largest absolute Gasteiger partial charge is 0.367 e. The first kappa shape index (κ1) is 16.8. The van der Waals surface area contributed by atoms with Crippen molar-refractivity contribution in [2.24, 2.45) is 5.92 Å². The number of carbonyl (C=O) groups excluding carboxylic acids is 1. The summed E-state index contributed by atoms with van der Waals surface area (Å²) in [5.74, 6) is 0.647. The van der Waals surface area contributed by atoms with Crippen LogP contribution in [0.5, 0.6) is 0 Å². The molecule has 1 fully saturated rings. The summed E-state index contributed by atoms with van der Waals surface area (Å²) >= 11 is 6.47. The molecule has 0 bridgehead atoms. The molecule has 1 aromatic carbocycles. The molecule has 2 aromatic rings. The maximum atomic E-state index is 12.2. The van der Waals surface area contributed by atoms with Crippen molar-refractivity contribution in [3.05, 3.63) is 35.9 Å². The van der Waals surface area contributed by atoms with Crippen LogP contribution in [0.15, 0.2) is 30.9 Å². The Morgan fingerprint density at radius 2 is 1.83 bits per heavy atom. The molecule has 0 N–H and O–H groups in total. The normalized spacial score (nSPS) is 15.2. The van der Waals surface area contributed by atoms with Crippen LogP contribution < -0.4 is 4.90 Å². The quantitative estimate of drug-likeness (QED) is 0.853. The van der Waals surface area contributed by atoms with E-state index in [1.165, 1.54) is 0 Å². The zero-order chi connectivity index (χ0) is 17.1. The van der Waals surface area contributed by atoms with Crippen LogP contribution in [0, 0.1) is 5.92 Å². The summed E-state index contributed by atoms with van der Waals surface area (Å²) in [6.45, 7) is 7.24. The van der Waals surface area contributed by atoms with Crippen LogP contribution in [0.3, 0.4) is 0 Å². The van der Waals surface area contributed by atoms with Crippen LogP contribution in [0.4, 0.5) is 5.69 Å². The lowest BCUT2D eigenvalue weighted by Crippen LogP contribution is -2.49. The number of halogens is 1. The van der Waals surface area contributed by atoms with Gasteiger partial charge in [-0.05, 0) is 24.1 Å². The third-order valence-electron chi connectivity index (χ3n) is 4.20. The number of hydrogen-bond acceptors (Lipinski definition) is 4. The van der Waals surface area contributed by atoms with Crippen LogP contribution in [0.2, 0.25) is 5.02 Å². The van der Waals surface area contributed by atoms with Crippen molar-refractivity contribution in [1.82, 2.24) is 19.7 Å². The number of hydrogen-bond donors (Lipinski definition) is 0. The van der Waals surface area contributed by atoms with Gasteiger partial charge in [-0.15, -0.1) is 10.2 Å². The van der Waals surface area contributed by atoms with Crippen molar-refractivity contribution in [1.29, 1.82) is 0 Å². The van der Waals surface area contributed by atoms with Crippen LogP contribution in [0.25, 0.3) is 5.69 Å². The lowest BCUT2D eigenvalue weighted by Gasteiger charge is -2.36. The average Bonchev–Trinajstić information content (AvgIpc) is 3.09. The predicted octanol–water partition coefficient (Wildman–Crippen LogP) is 2.62. The maximum Gasteiger partial charge on any atom is 0.222 e. The Kier molecular flexibility index (Phi) is 5.04. The van der Waals surface area contributed by atoms with E-state index >= 15 is 0 Å². The van der Waals surface area contributed by atoms with Gasteiger partial charge in [0.1, 0.15) is 12.7 Å². The molecule has 0 saturated carbocycles. The van der Waals surface area contributed by atoms with E-state index in [4.69, 9.17) is 11.6 Å². The minimum absolute atomic E-state index is 0.249. The van der Waals surface area contributed by atoms with Gasteiger partial charge in [-0.3, -0.25) is 9.36 Å². The molecule has 24 heavy (non-hydrogen) atoms. The molecule has 7 heteroatoms. The number of aromatic nitrogens is 3. The van der Waals surface area contributed by atoms with Crippen molar-refractivity contribution in [2.45, 2.75) is 20.3 Å². The minimum atomic E-state index is 0.249. The summed E-state index contributed by atoms with van der Waals surface area (Å²) in [5, 5.41) is 8.31. The van der Waals surface area contributed by atoms with E-state index < -0.39 is 0 Å². The summed E-state index contributed by atoms with van der Waals surface area (Å²) < 4.78 is 1.82. The molecule has 1 amide bonds. The van der Waals surface area contributed by atoms with Gasteiger partial charge in [0.2, 0.25) is 5.91 Å². The molecule has 0 spiro atoms. The van der Waals surface area contributed by atoms with Gasteiger partial charge in [-0.2, -0.15) is 0 Å². The molecule has 0 unspecified atom stereocenters. The highest BCUT2D eigenvalue weighted by Crippen LogP contribution is 2.29. The first-order chi connectivity index (χ1) is 11.5. The number of rotatable bonds is 4. The van der Waals surface area contributed by atoms with E-state index in [-0.39, 0.29) is 5.91 Å². The molecule has 6 nitrogen and oxygen atoms in total. The smallest absolute Gasteiger partial charge is 0.222 e. The minimum Gasteiger partial charge on any atom is -0.367 e. The van der Waals surface area contributed by atoms with Gasteiger partial charge >= 0.3 is 0 Å². The molecule has 0 radical (unpaired) electrons. The van der Waals surface area contributed by atoms with Crippen molar-refractivity contribution in [3.8, 4) is 5.69 Å². The molecule has 128 valence electrons. The van der Waals surface area contributed by atoms with Gasteiger partial charge in [-0.1, -0.05) is 25.4 Å². The molecule has 1 saturated heterocycles. The Balaban J connectivity index is 1.65. The highest BCUT2D eigenvalue weighted by Gasteiger charge is 2.22. The molecule has 1 aliphatic heterocycles. The topological polar surface area (TPSA) is 54.3 Å². The van der Waals surface area contributed by atoms with Crippen LogP contribution in [-0.4, -0.2) is 51.8 Å². The Morgan fingerprint density at radius 3 is 2.42 bits per heavy atom. The Labute approximate surface area is 147 Å². The number of benzene rings is 1. The lowest BCUT2D eigenvalue weighted by molar-refractivity contribution is -0.132. The number of amides is 1. The van der Waals surface area contributed by atoms with Gasteiger partial charge < -0.3 is 9.80 Å². The van der Waals surface area contributed by atoms with E-state index in [2.05, 4.69) is 28.9 Å². The number of nitrogens with zero attached hydrogens (tertiary/aromatic N) is 5. The number of anilines is 1. The standard InChI is InChI=1S/C17H22ClN5O/c1-13(2)9-17(24)22-7-5-21(6-8-22)16-4-3-14(10-15(16)18)23-11-19-20-12-23/h3-4,10-13H,5-9H2,1-2H3. The molecule has 0 atom stereocenters. The van der Waals surface area contributed by atoms with Crippen molar-refractivity contribution in [3.63, 3.8) is 0 Å². The fraction of sp³-hybridized carbons (Fsp3) is 0.471. The average molecular weight is 348 g/mol. The zero-order valence-corrected chi connectivity index (χ0v) is 14.8. The Hall–Kier alpha value is -2.08. The van der Waals surface area contributed by atoms with Crippen molar-refractivity contribution >= 4 is 23.2 Å². The first-order valence-electron chi connectivity index (χ1n) is 8.22. The third-order valence-corrected chi connectivity index (χ3v) is 4.51. The van der Waals surface area contributed by atoms with E-state index in [0.717, 1.165) is 37.6 Å². The third kappa shape index (κ3) is 3.70. The second kappa shape index (κ2) is 7.21. The molecular formula is C17H22ClN5O. The summed E-state index contributed by atoms with van der Waals surface area (Å²) in [7, 11) is 0. The van der Waals surface area contributed by atoms with Gasteiger partial charge in [-0.25, -0.2) is 0 Å². The molecule has 2 heterocycles. The second-order valence-electron chi connectivity index (χ2n) is 6.47. The summed E-state index contributed by atoms with van der Waals surface area (Å²) in [6, 6.07) is 5.93. The summed E-state index contributed by atoms with van der Waals surface area (Å²) in [5.41, 5.74) is 1.93. The lowest BCUT2D eigenvalue weighted by atomic mass is 10.1. The monoisotopic (exact) mass is 347 g/mol. The molecular weight excluding hydrogens is 326 g/mol. The number of carbonyl (C=O) groups is 1. The van der Waals surface area contributed by atoms with Crippen molar-refractivity contribution < 1.29 is 4.79 Å². The fourth-order valence-electron chi connectivity index (χ4n) is 2.92. The molecule has 1 aromatic heterocycles. The van der Waals surface area contributed by atoms with Crippen LogP contribution in [-0.2, 0) is 4.79 Å². The van der Waals surface area contributed by atoms with E-state index in [1.54, 1.807) is 12.7 Å². The van der Waals surface area contributed by atoms with Gasteiger partial charge in [0.25, 0.3) is 0 Å². The van der Waals surface area contributed by atoms with Gasteiger partial charge in [0.15, 0.2) is 0 Å². The van der Waals surface area contributed by atoms with Crippen LogP contribution in [0.1, 0.15) is 20.3 Å². The predicted molar refractivity (Wildman–Crippen MR) is 94.6 cm³/mol.